The molecule has 0 amide bonds. The van der Waals surface area contributed by atoms with Gasteiger partial charge in [-0.3, -0.25) is 0 Å². The van der Waals surface area contributed by atoms with Crippen molar-refractivity contribution in [3.8, 4) is 0 Å². The highest BCUT2D eigenvalue weighted by molar-refractivity contribution is 4.66. The lowest BCUT2D eigenvalue weighted by Crippen LogP contribution is -2.34. The third kappa shape index (κ3) is 26.2. The van der Waals surface area contributed by atoms with Gasteiger partial charge < -0.3 is 15.5 Å². The molecule has 0 aliphatic carbocycles. The number of unbranched alkanes of at least 4 members (excludes halogenated alkanes) is 5. The van der Waals surface area contributed by atoms with Crippen molar-refractivity contribution in [1.29, 1.82) is 0 Å². The average molecular weight is 358 g/mol. The minimum atomic E-state index is 1.11. The lowest BCUT2D eigenvalue weighted by molar-refractivity contribution is 0.336. The SMILES string of the molecule is CCC.CCC.CCCCCCCCNCCNCCN1CCCC1. The molecule has 1 rings (SSSR count). The van der Waals surface area contributed by atoms with Crippen molar-refractivity contribution < 1.29 is 0 Å². The van der Waals surface area contributed by atoms with Gasteiger partial charge in [0.05, 0.1) is 0 Å². The van der Waals surface area contributed by atoms with Gasteiger partial charge in [-0.15, -0.1) is 0 Å². The first-order chi connectivity index (χ1) is 12.3. The van der Waals surface area contributed by atoms with Crippen LogP contribution in [0, 0.1) is 0 Å². The van der Waals surface area contributed by atoms with Gasteiger partial charge in [-0.25, -0.2) is 0 Å². The van der Waals surface area contributed by atoms with E-state index in [0.717, 1.165) is 19.6 Å². The van der Waals surface area contributed by atoms with Crippen LogP contribution in [-0.4, -0.2) is 50.7 Å². The van der Waals surface area contributed by atoms with Gasteiger partial charge in [-0.05, 0) is 38.9 Å². The van der Waals surface area contributed by atoms with E-state index in [1.807, 2.05) is 0 Å². The molecule has 0 atom stereocenters. The van der Waals surface area contributed by atoms with E-state index >= 15 is 0 Å². The van der Waals surface area contributed by atoms with Gasteiger partial charge in [-0.2, -0.15) is 0 Å². The Labute approximate surface area is 160 Å². The minimum absolute atomic E-state index is 1.11. The van der Waals surface area contributed by atoms with Crippen molar-refractivity contribution in [3.63, 3.8) is 0 Å². The van der Waals surface area contributed by atoms with E-state index in [1.165, 1.54) is 90.4 Å². The van der Waals surface area contributed by atoms with Crippen molar-refractivity contribution >= 4 is 0 Å². The predicted octanol–water partition coefficient (Wildman–Crippen LogP) is 5.45. The van der Waals surface area contributed by atoms with Crippen molar-refractivity contribution in [2.75, 3.05) is 45.8 Å². The van der Waals surface area contributed by atoms with Crippen molar-refractivity contribution in [2.45, 2.75) is 98.8 Å². The third-order valence-electron chi connectivity index (χ3n) is 3.99. The Hall–Kier alpha value is -0.120. The second kappa shape index (κ2) is 26.1. The fourth-order valence-electron chi connectivity index (χ4n) is 2.70. The van der Waals surface area contributed by atoms with Crippen LogP contribution in [0.2, 0.25) is 0 Å². The first kappa shape index (κ1) is 27.1. The van der Waals surface area contributed by atoms with Gasteiger partial charge in [0.15, 0.2) is 0 Å². The summed E-state index contributed by atoms with van der Waals surface area (Å²) in [4.78, 5) is 2.57. The molecule has 2 N–H and O–H groups in total. The monoisotopic (exact) mass is 357 g/mol. The molecular formula is C22H51N3. The Balaban J connectivity index is 0. The van der Waals surface area contributed by atoms with Crippen LogP contribution in [-0.2, 0) is 0 Å². The summed E-state index contributed by atoms with van der Waals surface area (Å²) in [6.45, 7) is 19.2. The zero-order chi connectivity index (χ0) is 19.0. The van der Waals surface area contributed by atoms with Crippen molar-refractivity contribution in [2.24, 2.45) is 0 Å². The smallest absolute Gasteiger partial charge is 0.0107 e. The van der Waals surface area contributed by atoms with Crippen LogP contribution in [0.1, 0.15) is 98.8 Å². The van der Waals surface area contributed by atoms with Crippen molar-refractivity contribution in [1.82, 2.24) is 15.5 Å². The van der Waals surface area contributed by atoms with E-state index in [2.05, 4.69) is 50.2 Å². The Morgan fingerprint density at radius 1 is 0.600 bits per heavy atom. The second-order valence-electron chi connectivity index (χ2n) is 7.23. The molecule has 1 fully saturated rings. The van der Waals surface area contributed by atoms with Crippen LogP contribution in [0.25, 0.3) is 0 Å². The molecule has 154 valence electrons. The molecule has 25 heavy (non-hydrogen) atoms. The van der Waals surface area contributed by atoms with E-state index in [4.69, 9.17) is 0 Å². The van der Waals surface area contributed by atoms with Gasteiger partial charge in [0.1, 0.15) is 0 Å². The molecule has 0 aromatic rings. The van der Waals surface area contributed by atoms with Gasteiger partial charge in [0, 0.05) is 26.2 Å². The van der Waals surface area contributed by atoms with Gasteiger partial charge in [0.2, 0.25) is 0 Å². The van der Waals surface area contributed by atoms with Crippen LogP contribution >= 0.6 is 0 Å². The molecule has 1 aliphatic rings. The number of hydrogen-bond acceptors (Lipinski definition) is 3. The summed E-state index contributed by atoms with van der Waals surface area (Å²) < 4.78 is 0. The lowest BCUT2D eigenvalue weighted by atomic mass is 10.1. The number of nitrogens with one attached hydrogen (secondary N) is 2. The molecule has 0 saturated carbocycles. The second-order valence-corrected chi connectivity index (χ2v) is 7.23. The molecule has 1 aliphatic heterocycles. The number of likely N-dealkylation sites (tertiary alicyclic amines) is 1. The predicted molar refractivity (Wildman–Crippen MR) is 117 cm³/mol. The number of rotatable bonds is 13. The first-order valence-corrected chi connectivity index (χ1v) is 11.4. The summed E-state index contributed by atoms with van der Waals surface area (Å²) in [5.74, 6) is 0. The van der Waals surface area contributed by atoms with Crippen LogP contribution < -0.4 is 10.6 Å². The summed E-state index contributed by atoms with van der Waals surface area (Å²) in [5, 5.41) is 7.06. The molecule has 3 nitrogen and oxygen atoms in total. The molecule has 1 saturated heterocycles. The summed E-state index contributed by atoms with van der Waals surface area (Å²) in [5.41, 5.74) is 0. The zero-order valence-corrected chi connectivity index (χ0v) is 18.5. The Morgan fingerprint density at radius 3 is 1.64 bits per heavy atom. The summed E-state index contributed by atoms with van der Waals surface area (Å²) in [6.07, 6.45) is 13.7. The quantitative estimate of drug-likeness (QED) is 0.429. The highest BCUT2D eigenvalue weighted by Crippen LogP contribution is 2.05. The maximum Gasteiger partial charge on any atom is 0.0107 e. The van der Waals surface area contributed by atoms with E-state index in [9.17, 15) is 0 Å². The van der Waals surface area contributed by atoms with Crippen molar-refractivity contribution in [3.05, 3.63) is 0 Å². The molecule has 3 heteroatoms. The Bertz CT molecular complexity index is 201. The third-order valence-corrected chi connectivity index (χ3v) is 3.99. The van der Waals surface area contributed by atoms with Gasteiger partial charge in [-0.1, -0.05) is 79.6 Å². The average Bonchev–Trinajstić information content (AvgIpc) is 3.11. The maximum atomic E-state index is 3.53. The fourth-order valence-corrected chi connectivity index (χ4v) is 2.70. The van der Waals surface area contributed by atoms with Crippen LogP contribution in [0.15, 0.2) is 0 Å². The number of nitrogens with zero attached hydrogens (tertiary/aromatic N) is 1. The standard InChI is InChI=1S/C16H35N3.2C3H8/c1-2-3-4-5-6-7-10-17-11-12-18-13-16-19-14-8-9-15-19;2*1-3-2/h17-18H,2-16H2,1H3;2*3H2,1-2H3. The lowest BCUT2D eigenvalue weighted by Gasteiger charge is -2.14. The maximum absolute atomic E-state index is 3.53. The topological polar surface area (TPSA) is 27.3 Å². The molecule has 0 spiro atoms. The fraction of sp³-hybridized carbons (Fsp3) is 1.00. The zero-order valence-electron chi connectivity index (χ0n) is 18.5. The minimum Gasteiger partial charge on any atom is -0.315 e. The molecule has 0 aromatic carbocycles. The highest BCUT2D eigenvalue weighted by atomic mass is 15.1. The normalized spacial score (nSPS) is 13.8. The van der Waals surface area contributed by atoms with E-state index in [1.54, 1.807) is 0 Å². The summed E-state index contributed by atoms with van der Waals surface area (Å²) in [7, 11) is 0. The largest absolute Gasteiger partial charge is 0.315 e. The van der Waals surface area contributed by atoms with E-state index in [0.29, 0.717) is 0 Å². The highest BCUT2D eigenvalue weighted by Gasteiger charge is 2.09. The van der Waals surface area contributed by atoms with Gasteiger partial charge in [0.25, 0.3) is 0 Å². The van der Waals surface area contributed by atoms with Crippen LogP contribution in [0.5, 0.6) is 0 Å². The number of hydrogen-bond donors (Lipinski definition) is 2. The van der Waals surface area contributed by atoms with E-state index in [-0.39, 0.29) is 0 Å². The molecule has 0 radical (unpaired) electrons. The molecule has 0 aromatic heterocycles. The molecule has 0 unspecified atom stereocenters. The van der Waals surface area contributed by atoms with Crippen LogP contribution in [0.4, 0.5) is 0 Å². The molecule has 1 heterocycles. The van der Waals surface area contributed by atoms with E-state index < -0.39 is 0 Å². The Kier molecular flexibility index (Phi) is 28.3. The summed E-state index contributed by atoms with van der Waals surface area (Å²) >= 11 is 0. The van der Waals surface area contributed by atoms with Crippen LogP contribution in [0.3, 0.4) is 0 Å². The first-order valence-electron chi connectivity index (χ1n) is 11.4. The molecular weight excluding hydrogens is 306 g/mol. The summed E-state index contributed by atoms with van der Waals surface area (Å²) in [6, 6.07) is 0. The molecule has 0 bridgehead atoms. The Morgan fingerprint density at radius 2 is 1.08 bits per heavy atom. The van der Waals surface area contributed by atoms with Gasteiger partial charge >= 0.3 is 0 Å².